The van der Waals surface area contributed by atoms with E-state index in [4.69, 9.17) is 0 Å². The molecule has 25 heavy (non-hydrogen) atoms. The molecule has 6 rings (SSSR count). The van der Waals surface area contributed by atoms with Crippen LogP contribution in [0.5, 0.6) is 0 Å². The van der Waals surface area contributed by atoms with Crippen LogP contribution in [0.1, 0.15) is 58.3 Å². The largest absolute Gasteiger partial charge is 0.395 e. The maximum atomic E-state index is 11.2. The van der Waals surface area contributed by atoms with E-state index < -0.39 is 0 Å². The summed E-state index contributed by atoms with van der Waals surface area (Å²) in [5.41, 5.74) is 2.05. The van der Waals surface area contributed by atoms with E-state index in [2.05, 4.69) is 18.4 Å². The highest BCUT2D eigenvalue weighted by Crippen LogP contribution is 2.73. The van der Waals surface area contributed by atoms with E-state index in [1.54, 1.807) is 0 Å². The van der Waals surface area contributed by atoms with Crippen molar-refractivity contribution < 1.29 is 10.2 Å². The molecule has 0 amide bonds. The highest BCUT2D eigenvalue weighted by Gasteiger charge is 2.69. The summed E-state index contributed by atoms with van der Waals surface area (Å²) in [5.74, 6) is 2.04. The minimum absolute atomic E-state index is 0.114. The van der Waals surface area contributed by atoms with Crippen LogP contribution in [0.2, 0.25) is 0 Å². The van der Waals surface area contributed by atoms with Crippen LogP contribution in [0.25, 0.3) is 0 Å². The van der Waals surface area contributed by atoms with Crippen LogP contribution >= 0.6 is 0 Å². The molecule has 5 saturated carbocycles. The Hall–Kier alpha value is -0.380. The summed E-state index contributed by atoms with van der Waals surface area (Å²) >= 11 is 0. The van der Waals surface area contributed by atoms with Gasteiger partial charge in [0.05, 0.1) is 12.7 Å². The van der Waals surface area contributed by atoms with Gasteiger partial charge in [-0.1, -0.05) is 19.9 Å². The molecule has 1 saturated heterocycles. The monoisotopic (exact) mass is 345 g/mol. The second-order valence-corrected chi connectivity index (χ2v) is 10.5. The third-order valence-corrected chi connectivity index (χ3v) is 9.63. The van der Waals surface area contributed by atoms with Gasteiger partial charge >= 0.3 is 0 Å². The fraction of sp³-hybridized carbons (Fsp3) is 0.909. The van der Waals surface area contributed by atoms with Crippen LogP contribution in [-0.4, -0.2) is 47.5 Å². The van der Waals surface area contributed by atoms with Crippen molar-refractivity contribution in [2.45, 2.75) is 64.4 Å². The fourth-order valence-corrected chi connectivity index (χ4v) is 8.86. The van der Waals surface area contributed by atoms with Gasteiger partial charge in [0.15, 0.2) is 0 Å². The van der Waals surface area contributed by atoms with Crippen LogP contribution in [0, 0.1) is 34.0 Å². The number of hydrogen-bond acceptors (Lipinski definition) is 3. The van der Waals surface area contributed by atoms with Crippen LogP contribution in [-0.2, 0) is 0 Å². The van der Waals surface area contributed by atoms with E-state index in [0.29, 0.717) is 22.7 Å². The van der Waals surface area contributed by atoms with Crippen molar-refractivity contribution in [1.29, 1.82) is 0 Å². The number of nitrogens with zero attached hydrogens (tertiary/aromatic N) is 1. The Kier molecular flexibility index (Phi) is 3.57. The van der Waals surface area contributed by atoms with Crippen LogP contribution in [0.3, 0.4) is 0 Å². The van der Waals surface area contributed by atoms with E-state index in [1.165, 1.54) is 57.9 Å². The number of fused-ring (bicyclic) bond motifs is 2. The summed E-state index contributed by atoms with van der Waals surface area (Å²) in [6, 6.07) is 0. The van der Waals surface area contributed by atoms with Gasteiger partial charge in [-0.25, -0.2) is 0 Å². The molecule has 140 valence electrons. The van der Waals surface area contributed by atoms with Gasteiger partial charge in [0.25, 0.3) is 0 Å². The molecule has 3 nitrogen and oxygen atoms in total. The second kappa shape index (κ2) is 5.33. The maximum absolute atomic E-state index is 11.2. The first-order valence-corrected chi connectivity index (χ1v) is 10.7. The first-order valence-electron chi connectivity index (χ1n) is 10.7. The number of likely N-dealkylation sites (tertiary alicyclic amines) is 1. The summed E-state index contributed by atoms with van der Waals surface area (Å²) < 4.78 is 0. The molecule has 1 aliphatic heterocycles. The quantitative estimate of drug-likeness (QED) is 0.755. The molecule has 0 aromatic heterocycles. The van der Waals surface area contributed by atoms with Gasteiger partial charge < -0.3 is 10.2 Å². The summed E-state index contributed by atoms with van der Waals surface area (Å²) in [5, 5.41) is 20.8. The maximum Gasteiger partial charge on any atom is 0.0809 e. The molecule has 1 spiro atoms. The van der Waals surface area contributed by atoms with E-state index in [-0.39, 0.29) is 18.1 Å². The zero-order chi connectivity index (χ0) is 17.4. The zero-order valence-electron chi connectivity index (χ0n) is 15.8. The smallest absolute Gasteiger partial charge is 0.0809 e. The van der Waals surface area contributed by atoms with Gasteiger partial charge in [0, 0.05) is 25.0 Å². The molecule has 2 N–H and O–H groups in total. The van der Waals surface area contributed by atoms with E-state index >= 15 is 0 Å². The first kappa shape index (κ1) is 16.8. The second-order valence-electron chi connectivity index (χ2n) is 10.5. The van der Waals surface area contributed by atoms with E-state index in [1.807, 2.05) is 0 Å². The Balaban J connectivity index is 1.59. The summed E-state index contributed by atoms with van der Waals surface area (Å²) in [4.78, 5) is 2.57. The van der Waals surface area contributed by atoms with Crippen LogP contribution in [0.15, 0.2) is 12.2 Å². The Morgan fingerprint density at radius 1 is 1.08 bits per heavy atom. The fourth-order valence-electron chi connectivity index (χ4n) is 8.86. The molecule has 0 aromatic rings. The van der Waals surface area contributed by atoms with Crippen molar-refractivity contribution in [2.75, 3.05) is 26.2 Å². The molecular formula is C22H35NO2. The summed E-state index contributed by atoms with van der Waals surface area (Å²) in [7, 11) is 0. The van der Waals surface area contributed by atoms with Crippen molar-refractivity contribution >= 4 is 0 Å². The van der Waals surface area contributed by atoms with Crippen molar-refractivity contribution in [3.63, 3.8) is 0 Å². The Bertz CT molecular complexity index is 591. The third-order valence-electron chi connectivity index (χ3n) is 9.63. The lowest BCUT2D eigenvalue weighted by Crippen LogP contribution is -2.71. The van der Waals surface area contributed by atoms with Crippen molar-refractivity contribution in [1.82, 2.24) is 4.90 Å². The molecule has 4 bridgehead atoms. The molecular weight excluding hydrogens is 310 g/mol. The lowest BCUT2D eigenvalue weighted by molar-refractivity contribution is -0.240. The predicted molar refractivity (Wildman–Crippen MR) is 99.1 cm³/mol. The highest BCUT2D eigenvalue weighted by molar-refractivity contribution is 5.27. The standard InChI is InChI=1S/C22H35NO2/c1-15-16-4-8-21(19(15)25)9-5-17-20(2)6-3-7-22(17,18(21)12-16)14-23(13-20)10-11-24/h16-19,24-25H,1,3-14H2,2H3/t16-,17-,18+,19+,20+,21-,22+/m1/s1. The third kappa shape index (κ3) is 1.98. The SMILES string of the molecule is C=C1[C@@H]2CC[C@]3(CC[C@@H]4[C@@]5(C)CCC[C@@]4(CN(CCO)C5)[C@H]3C2)[C@H]1O. The topological polar surface area (TPSA) is 43.7 Å². The van der Waals surface area contributed by atoms with E-state index in [9.17, 15) is 10.2 Å². The van der Waals surface area contributed by atoms with Crippen molar-refractivity contribution in [3.8, 4) is 0 Å². The molecule has 7 atom stereocenters. The molecule has 5 aliphatic carbocycles. The minimum Gasteiger partial charge on any atom is -0.395 e. The lowest BCUT2D eigenvalue weighted by Gasteiger charge is -2.73. The van der Waals surface area contributed by atoms with Crippen LogP contribution in [0.4, 0.5) is 0 Å². The van der Waals surface area contributed by atoms with Gasteiger partial charge in [0.2, 0.25) is 0 Å². The van der Waals surface area contributed by atoms with E-state index in [0.717, 1.165) is 24.6 Å². The average Bonchev–Trinajstić information content (AvgIpc) is 2.58. The molecule has 3 heteroatoms. The number of rotatable bonds is 2. The van der Waals surface area contributed by atoms with Gasteiger partial charge in [0.1, 0.15) is 0 Å². The number of aliphatic hydroxyl groups excluding tert-OH is 2. The minimum atomic E-state index is -0.262. The molecule has 6 aliphatic rings. The van der Waals surface area contributed by atoms with Gasteiger partial charge in [-0.3, -0.25) is 4.90 Å². The molecule has 0 unspecified atom stereocenters. The van der Waals surface area contributed by atoms with Gasteiger partial charge in [-0.15, -0.1) is 0 Å². The zero-order valence-corrected chi connectivity index (χ0v) is 15.8. The van der Waals surface area contributed by atoms with Gasteiger partial charge in [-0.2, -0.15) is 0 Å². The number of aliphatic hydroxyl groups is 2. The first-order chi connectivity index (χ1) is 12.0. The van der Waals surface area contributed by atoms with Crippen LogP contribution < -0.4 is 0 Å². The molecule has 0 aromatic carbocycles. The molecule has 6 fully saturated rings. The predicted octanol–water partition coefficient (Wildman–Crippen LogP) is 3.21. The highest BCUT2D eigenvalue weighted by atomic mass is 16.3. The summed E-state index contributed by atoms with van der Waals surface area (Å²) in [6.07, 6.45) is 10.0. The molecule has 1 heterocycles. The van der Waals surface area contributed by atoms with Crippen molar-refractivity contribution in [3.05, 3.63) is 12.2 Å². The summed E-state index contributed by atoms with van der Waals surface area (Å²) in [6.45, 7) is 10.3. The van der Waals surface area contributed by atoms with Gasteiger partial charge in [-0.05, 0) is 79.1 Å². The normalized spacial score (nSPS) is 54.9. The Morgan fingerprint density at radius 3 is 2.68 bits per heavy atom. The molecule has 0 radical (unpaired) electrons. The number of β-amino-alcohol motifs (C(OH)–C–C–N with tert-alkyl or cyclic N) is 1. The number of hydrogen-bond donors (Lipinski definition) is 2. The average molecular weight is 346 g/mol. The Morgan fingerprint density at radius 2 is 1.88 bits per heavy atom. The Labute approximate surface area is 152 Å². The lowest BCUT2D eigenvalue weighted by atomic mass is 9.35. The van der Waals surface area contributed by atoms with Crippen molar-refractivity contribution in [2.24, 2.45) is 34.0 Å². The number of piperidine rings is 1.